The Bertz CT molecular complexity index is 526. The molecule has 21 heavy (non-hydrogen) atoms. The largest absolute Gasteiger partial charge is 0.478 e. The number of carbonyl (C=O) groups excluding carboxylic acids is 1. The maximum absolute atomic E-state index is 11.9. The van der Waals surface area contributed by atoms with E-state index in [9.17, 15) is 9.59 Å². The Morgan fingerprint density at radius 2 is 2.19 bits per heavy atom. The number of nitrogens with zero attached hydrogens (tertiary/aromatic N) is 1. The Balaban J connectivity index is 1.72. The monoisotopic (exact) mass is 292 g/mol. The highest BCUT2D eigenvalue weighted by molar-refractivity contribution is 5.94. The Morgan fingerprint density at radius 3 is 2.81 bits per heavy atom. The quantitative estimate of drug-likeness (QED) is 0.711. The number of aryl methyl sites for hydroxylation is 1. The maximum Gasteiger partial charge on any atom is 0.337 e. The van der Waals surface area contributed by atoms with Crippen molar-refractivity contribution in [1.82, 2.24) is 10.3 Å². The fourth-order valence-corrected chi connectivity index (χ4v) is 1.91. The van der Waals surface area contributed by atoms with Crippen LogP contribution >= 0.6 is 0 Å². The first-order chi connectivity index (χ1) is 10.1. The SMILES string of the molecule is Cc1nc(C(=O)NCCCOCC2CC2)ccc1C(=O)O. The normalized spacial score (nSPS) is 14.0. The van der Waals surface area contributed by atoms with E-state index in [0.29, 0.717) is 18.8 Å². The number of hydrogen-bond donors (Lipinski definition) is 2. The third-order valence-electron chi connectivity index (χ3n) is 3.35. The van der Waals surface area contributed by atoms with E-state index in [2.05, 4.69) is 10.3 Å². The van der Waals surface area contributed by atoms with Crippen molar-refractivity contribution in [3.8, 4) is 0 Å². The molecule has 0 bridgehead atoms. The van der Waals surface area contributed by atoms with Gasteiger partial charge in [0.2, 0.25) is 0 Å². The third kappa shape index (κ3) is 4.82. The van der Waals surface area contributed by atoms with Crippen LogP contribution in [0.4, 0.5) is 0 Å². The first-order valence-corrected chi connectivity index (χ1v) is 7.15. The molecule has 0 spiro atoms. The van der Waals surface area contributed by atoms with Gasteiger partial charge in [-0.25, -0.2) is 9.78 Å². The molecule has 1 aliphatic carbocycles. The van der Waals surface area contributed by atoms with Crippen LogP contribution in [0.15, 0.2) is 12.1 Å². The maximum atomic E-state index is 11.9. The zero-order chi connectivity index (χ0) is 15.2. The van der Waals surface area contributed by atoms with E-state index in [-0.39, 0.29) is 17.2 Å². The highest BCUT2D eigenvalue weighted by Gasteiger charge is 2.20. The lowest BCUT2D eigenvalue weighted by atomic mass is 10.2. The van der Waals surface area contributed by atoms with Crippen LogP contribution in [0.25, 0.3) is 0 Å². The molecular weight excluding hydrogens is 272 g/mol. The fourth-order valence-electron chi connectivity index (χ4n) is 1.91. The van der Waals surface area contributed by atoms with Crippen molar-refractivity contribution in [3.05, 3.63) is 29.1 Å². The lowest BCUT2D eigenvalue weighted by molar-refractivity contribution is 0.0694. The molecule has 0 atom stereocenters. The van der Waals surface area contributed by atoms with Gasteiger partial charge in [-0.15, -0.1) is 0 Å². The molecule has 0 unspecified atom stereocenters. The molecule has 2 rings (SSSR count). The van der Waals surface area contributed by atoms with E-state index in [1.165, 1.54) is 25.0 Å². The molecule has 114 valence electrons. The zero-order valence-corrected chi connectivity index (χ0v) is 12.1. The highest BCUT2D eigenvalue weighted by Crippen LogP contribution is 2.28. The summed E-state index contributed by atoms with van der Waals surface area (Å²) in [6.45, 7) is 3.56. The van der Waals surface area contributed by atoms with Crippen LogP contribution in [0, 0.1) is 12.8 Å². The van der Waals surface area contributed by atoms with Crippen LogP contribution in [0.5, 0.6) is 0 Å². The van der Waals surface area contributed by atoms with Crippen molar-refractivity contribution >= 4 is 11.9 Å². The van der Waals surface area contributed by atoms with E-state index >= 15 is 0 Å². The van der Waals surface area contributed by atoms with Crippen molar-refractivity contribution in [3.63, 3.8) is 0 Å². The molecule has 6 heteroatoms. The average molecular weight is 292 g/mol. The molecule has 1 aliphatic rings. The molecule has 0 aromatic carbocycles. The van der Waals surface area contributed by atoms with Gasteiger partial charge < -0.3 is 15.2 Å². The number of hydrogen-bond acceptors (Lipinski definition) is 4. The predicted octanol–water partition coefficient (Wildman–Crippen LogP) is 1.63. The minimum Gasteiger partial charge on any atom is -0.478 e. The second-order valence-corrected chi connectivity index (χ2v) is 5.26. The summed E-state index contributed by atoms with van der Waals surface area (Å²) in [4.78, 5) is 26.8. The number of pyridine rings is 1. The molecule has 1 fully saturated rings. The Morgan fingerprint density at radius 1 is 1.43 bits per heavy atom. The third-order valence-corrected chi connectivity index (χ3v) is 3.35. The first-order valence-electron chi connectivity index (χ1n) is 7.15. The second-order valence-electron chi connectivity index (χ2n) is 5.26. The van der Waals surface area contributed by atoms with Crippen molar-refractivity contribution in [1.29, 1.82) is 0 Å². The average Bonchev–Trinajstić information content (AvgIpc) is 3.26. The topological polar surface area (TPSA) is 88.5 Å². The van der Waals surface area contributed by atoms with Gasteiger partial charge in [-0.05, 0) is 44.2 Å². The lowest BCUT2D eigenvalue weighted by Crippen LogP contribution is -2.26. The molecule has 1 aromatic rings. The van der Waals surface area contributed by atoms with E-state index in [0.717, 1.165) is 18.9 Å². The Hall–Kier alpha value is -1.95. The number of aromatic nitrogens is 1. The molecule has 0 aliphatic heterocycles. The highest BCUT2D eigenvalue weighted by atomic mass is 16.5. The number of ether oxygens (including phenoxy) is 1. The minimum atomic E-state index is -1.04. The van der Waals surface area contributed by atoms with Gasteiger partial charge in [0.05, 0.1) is 11.3 Å². The summed E-state index contributed by atoms with van der Waals surface area (Å²) in [6, 6.07) is 2.83. The summed E-state index contributed by atoms with van der Waals surface area (Å²) in [6.07, 6.45) is 3.30. The van der Waals surface area contributed by atoms with Gasteiger partial charge in [0, 0.05) is 19.8 Å². The summed E-state index contributed by atoms with van der Waals surface area (Å²) in [5.41, 5.74) is 0.680. The van der Waals surface area contributed by atoms with E-state index < -0.39 is 5.97 Å². The van der Waals surface area contributed by atoms with Crippen LogP contribution in [-0.4, -0.2) is 41.7 Å². The molecule has 1 saturated carbocycles. The second kappa shape index (κ2) is 7.17. The van der Waals surface area contributed by atoms with E-state index in [1.807, 2.05) is 0 Å². The van der Waals surface area contributed by atoms with E-state index in [4.69, 9.17) is 9.84 Å². The van der Waals surface area contributed by atoms with Crippen molar-refractivity contribution in [2.75, 3.05) is 19.8 Å². The van der Waals surface area contributed by atoms with Gasteiger partial charge in [-0.2, -0.15) is 0 Å². The number of aromatic carboxylic acids is 1. The lowest BCUT2D eigenvalue weighted by Gasteiger charge is -2.07. The molecule has 6 nitrogen and oxygen atoms in total. The van der Waals surface area contributed by atoms with Crippen LogP contribution in [-0.2, 0) is 4.74 Å². The van der Waals surface area contributed by atoms with Gasteiger partial charge in [0.1, 0.15) is 5.69 Å². The molecule has 2 N–H and O–H groups in total. The Labute approximate surface area is 123 Å². The van der Waals surface area contributed by atoms with Gasteiger partial charge in [0.15, 0.2) is 0 Å². The number of rotatable bonds is 8. The van der Waals surface area contributed by atoms with E-state index in [1.54, 1.807) is 6.92 Å². The minimum absolute atomic E-state index is 0.111. The van der Waals surface area contributed by atoms with Crippen LogP contribution in [0.3, 0.4) is 0 Å². The van der Waals surface area contributed by atoms with Gasteiger partial charge in [-0.1, -0.05) is 0 Å². The summed E-state index contributed by atoms with van der Waals surface area (Å²) < 4.78 is 5.47. The number of carboxylic acids is 1. The number of carboxylic acid groups (broad SMARTS) is 1. The fraction of sp³-hybridized carbons (Fsp3) is 0.533. The van der Waals surface area contributed by atoms with Crippen LogP contribution in [0.1, 0.15) is 45.8 Å². The summed E-state index contributed by atoms with van der Waals surface area (Å²) in [5, 5.41) is 11.7. The van der Waals surface area contributed by atoms with Gasteiger partial charge in [0.25, 0.3) is 5.91 Å². The number of carbonyl (C=O) groups is 2. The zero-order valence-electron chi connectivity index (χ0n) is 12.1. The van der Waals surface area contributed by atoms with Crippen molar-refractivity contribution in [2.24, 2.45) is 5.92 Å². The van der Waals surface area contributed by atoms with Crippen LogP contribution < -0.4 is 5.32 Å². The summed E-state index contributed by atoms with van der Waals surface area (Å²) in [5.74, 6) is -0.587. The molecular formula is C15H20N2O4. The van der Waals surface area contributed by atoms with Gasteiger partial charge >= 0.3 is 5.97 Å². The summed E-state index contributed by atoms with van der Waals surface area (Å²) >= 11 is 0. The first kappa shape index (κ1) is 15.4. The summed E-state index contributed by atoms with van der Waals surface area (Å²) in [7, 11) is 0. The molecule has 1 aromatic heterocycles. The smallest absolute Gasteiger partial charge is 0.337 e. The standard InChI is InChI=1S/C15H20N2O4/c1-10-12(15(19)20)5-6-13(17-10)14(18)16-7-2-8-21-9-11-3-4-11/h5-6,11H,2-4,7-9H2,1H3,(H,16,18)(H,19,20). The van der Waals surface area contributed by atoms with Gasteiger partial charge in [-0.3, -0.25) is 4.79 Å². The molecule has 0 radical (unpaired) electrons. The molecule has 0 saturated heterocycles. The van der Waals surface area contributed by atoms with Crippen molar-refractivity contribution in [2.45, 2.75) is 26.2 Å². The molecule has 1 amide bonds. The Kier molecular flexibility index (Phi) is 5.27. The van der Waals surface area contributed by atoms with Crippen molar-refractivity contribution < 1.29 is 19.4 Å². The molecule has 1 heterocycles. The van der Waals surface area contributed by atoms with Crippen LogP contribution in [0.2, 0.25) is 0 Å². The number of amides is 1. The predicted molar refractivity (Wildman–Crippen MR) is 76.4 cm³/mol. The number of nitrogens with one attached hydrogen (secondary N) is 1.